The Kier molecular flexibility index (Phi) is 3.08. The van der Waals surface area contributed by atoms with Gasteiger partial charge in [0.2, 0.25) is 0 Å². The van der Waals surface area contributed by atoms with Crippen LogP contribution in [0.3, 0.4) is 0 Å². The van der Waals surface area contributed by atoms with E-state index in [1.807, 2.05) is 6.07 Å². The molecule has 0 heterocycles. The van der Waals surface area contributed by atoms with E-state index in [2.05, 4.69) is 12.2 Å². The van der Waals surface area contributed by atoms with Crippen molar-refractivity contribution in [2.24, 2.45) is 5.92 Å². The number of nitrogens with one attached hydrogen (secondary N) is 1. The molecule has 0 aromatic heterocycles. The summed E-state index contributed by atoms with van der Waals surface area (Å²) in [7, 11) is 0. The van der Waals surface area contributed by atoms with E-state index in [1.165, 1.54) is 18.9 Å². The first-order valence-corrected chi connectivity index (χ1v) is 5.68. The van der Waals surface area contributed by atoms with Crippen LogP contribution >= 0.6 is 0 Å². The fourth-order valence-corrected chi connectivity index (χ4v) is 2.28. The number of nitro groups is 1. The Balaban J connectivity index is 2.09. The maximum Gasteiger partial charge on any atom is 0.271 e. The molecule has 86 valence electrons. The van der Waals surface area contributed by atoms with Crippen molar-refractivity contribution in [1.29, 1.82) is 0 Å². The van der Waals surface area contributed by atoms with Gasteiger partial charge in [0.05, 0.1) is 4.92 Å². The SMILES string of the molecule is CC1CCCC1Nc1cccc([N+](=O)[O-])c1. The van der Waals surface area contributed by atoms with E-state index in [9.17, 15) is 10.1 Å². The van der Waals surface area contributed by atoms with Gasteiger partial charge in [-0.3, -0.25) is 10.1 Å². The molecule has 0 radical (unpaired) electrons. The maximum atomic E-state index is 10.6. The van der Waals surface area contributed by atoms with E-state index in [-0.39, 0.29) is 10.6 Å². The molecule has 0 bridgehead atoms. The zero-order valence-electron chi connectivity index (χ0n) is 9.35. The average molecular weight is 220 g/mol. The average Bonchev–Trinajstić information content (AvgIpc) is 2.65. The molecular formula is C12H16N2O2. The molecule has 2 unspecified atom stereocenters. The zero-order chi connectivity index (χ0) is 11.5. The molecule has 2 atom stereocenters. The van der Waals surface area contributed by atoms with Crippen LogP contribution in [0, 0.1) is 16.0 Å². The topological polar surface area (TPSA) is 55.2 Å². The van der Waals surface area contributed by atoms with Crippen molar-refractivity contribution in [3.63, 3.8) is 0 Å². The Morgan fingerprint density at radius 1 is 1.44 bits per heavy atom. The van der Waals surface area contributed by atoms with Crippen molar-refractivity contribution in [1.82, 2.24) is 0 Å². The summed E-state index contributed by atoms with van der Waals surface area (Å²) in [4.78, 5) is 10.3. The summed E-state index contributed by atoms with van der Waals surface area (Å²) < 4.78 is 0. The third kappa shape index (κ3) is 2.32. The highest BCUT2D eigenvalue weighted by Gasteiger charge is 2.23. The number of hydrogen-bond acceptors (Lipinski definition) is 3. The number of benzene rings is 1. The van der Waals surface area contributed by atoms with Crippen LogP contribution in [0.2, 0.25) is 0 Å². The van der Waals surface area contributed by atoms with Gasteiger partial charge in [-0.15, -0.1) is 0 Å². The number of rotatable bonds is 3. The Morgan fingerprint density at radius 3 is 2.88 bits per heavy atom. The van der Waals surface area contributed by atoms with E-state index in [1.54, 1.807) is 12.1 Å². The number of nitrogens with zero attached hydrogens (tertiary/aromatic N) is 1. The molecule has 1 aliphatic carbocycles. The number of hydrogen-bond donors (Lipinski definition) is 1. The molecular weight excluding hydrogens is 204 g/mol. The van der Waals surface area contributed by atoms with Crippen LogP contribution in [0.4, 0.5) is 11.4 Å². The van der Waals surface area contributed by atoms with E-state index in [0.29, 0.717) is 12.0 Å². The first kappa shape index (κ1) is 10.9. The van der Waals surface area contributed by atoms with Crippen molar-refractivity contribution in [2.45, 2.75) is 32.2 Å². The molecule has 1 aromatic rings. The molecule has 4 heteroatoms. The summed E-state index contributed by atoms with van der Waals surface area (Å²) in [6.45, 7) is 2.22. The van der Waals surface area contributed by atoms with Crippen LogP contribution in [0.5, 0.6) is 0 Å². The van der Waals surface area contributed by atoms with Gasteiger partial charge in [0, 0.05) is 23.9 Å². The highest BCUT2D eigenvalue weighted by Crippen LogP contribution is 2.28. The summed E-state index contributed by atoms with van der Waals surface area (Å²) in [6, 6.07) is 7.19. The maximum absolute atomic E-state index is 10.6. The Morgan fingerprint density at radius 2 is 2.25 bits per heavy atom. The van der Waals surface area contributed by atoms with E-state index < -0.39 is 0 Å². The largest absolute Gasteiger partial charge is 0.382 e. The second kappa shape index (κ2) is 4.51. The molecule has 1 aromatic carbocycles. The Hall–Kier alpha value is -1.58. The first-order chi connectivity index (χ1) is 7.66. The molecule has 1 fully saturated rings. The van der Waals surface area contributed by atoms with Crippen molar-refractivity contribution in [3.05, 3.63) is 34.4 Å². The lowest BCUT2D eigenvalue weighted by molar-refractivity contribution is -0.384. The normalized spacial score (nSPS) is 24.3. The predicted octanol–water partition coefficient (Wildman–Crippen LogP) is 3.20. The fourth-order valence-electron chi connectivity index (χ4n) is 2.28. The lowest BCUT2D eigenvalue weighted by Gasteiger charge is -2.18. The summed E-state index contributed by atoms with van der Waals surface area (Å²) in [6.07, 6.45) is 3.64. The van der Waals surface area contributed by atoms with Crippen molar-refractivity contribution in [3.8, 4) is 0 Å². The monoisotopic (exact) mass is 220 g/mol. The first-order valence-electron chi connectivity index (χ1n) is 5.68. The third-order valence-electron chi connectivity index (χ3n) is 3.27. The van der Waals surface area contributed by atoms with E-state index in [0.717, 1.165) is 12.1 Å². The standard InChI is InChI=1S/C12H16N2O2/c1-9-4-2-7-12(9)13-10-5-3-6-11(8-10)14(15)16/h3,5-6,8-9,12-13H,2,4,7H2,1H3. The molecule has 1 aliphatic rings. The highest BCUT2D eigenvalue weighted by atomic mass is 16.6. The van der Waals surface area contributed by atoms with Crippen LogP contribution in [0.1, 0.15) is 26.2 Å². The molecule has 1 N–H and O–H groups in total. The van der Waals surface area contributed by atoms with Crippen molar-refractivity contribution < 1.29 is 4.92 Å². The fraction of sp³-hybridized carbons (Fsp3) is 0.500. The van der Waals surface area contributed by atoms with Crippen molar-refractivity contribution >= 4 is 11.4 Å². The minimum Gasteiger partial charge on any atom is -0.382 e. The van der Waals surface area contributed by atoms with E-state index in [4.69, 9.17) is 0 Å². The molecule has 0 saturated heterocycles. The number of non-ortho nitro benzene ring substituents is 1. The predicted molar refractivity (Wildman–Crippen MR) is 63.5 cm³/mol. The lowest BCUT2D eigenvalue weighted by atomic mass is 10.1. The summed E-state index contributed by atoms with van der Waals surface area (Å²) in [5, 5.41) is 14.0. The third-order valence-corrected chi connectivity index (χ3v) is 3.27. The van der Waals surface area contributed by atoms with Gasteiger partial charge in [-0.2, -0.15) is 0 Å². The van der Waals surface area contributed by atoms with Gasteiger partial charge in [-0.05, 0) is 24.8 Å². The summed E-state index contributed by atoms with van der Waals surface area (Å²) >= 11 is 0. The smallest absolute Gasteiger partial charge is 0.271 e. The number of anilines is 1. The highest BCUT2D eigenvalue weighted by molar-refractivity contribution is 5.51. The number of nitro benzene ring substituents is 1. The molecule has 0 aliphatic heterocycles. The van der Waals surface area contributed by atoms with Crippen LogP contribution < -0.4 is 5.32 Å². The Labute approximate surface area is 94.8 Å². The zero-order valence-corrected chi connectivity index (χ0v) is 9.35. The minimum atomic E-state index is -0.358. The van der Waals surface area contributed by atoms with Gasteiger partial charge in [-0.1, -0.05) is 19.4 Å². The molecule has 16 heavy (non-hydrogen) atoms. The molecule has 0 spiro atoms. The van der Waals surface area contributed by atoms with Crippen LogP contribution in [0.25, 0.3) is 0 Å². The Bertz CT molecular complexity index is 392. The van der Waals surface area contributed by atoms with Crippen LogP contribution in [-0.4, -0.2) is 11.0 Å². The molecule has 4 nitrogen and oxygen atoms in total. The quantitative estimate of drug-likeness (QED) is 0.628. The van der Waals surface area contributed by atoms with Gasteiger partial charge in [0.15, 0.2) is 0 Å². The van der Waals surface area contributed by atoms with Crippen LogP contribution in [-0.2, 0) is 0 Å². The van der Waals surface area contributed by atoms with Gasteiger partial charge in [-0.25, -0.2) is 0 Å². The van der Waals surface area contributed by atoms with Gasteiger partial charge in [0.1, 0.15) is 0 Å². The van der Waals surface area contributed by atoms with Crippen molar-refractivity contribution in [2.75, 3.05) is 5.32 Å². The lowest BCUT2D eigenvalue weighted by Crippen LogP contribution is -2.21. The molecule has 1 saturated carbocycles. The van der Waals surface area contributed by atoms with Gasteiger partial charge < -0.3 is 5.32 Å². The second-order valence-corrected chi connectivity index (χ2v) is 4.47. The van der Waals surface area contributed by atoms with E-state index >= 15 is 0 Å². The van der Waals surface area contributed by atoms with Gasteiger partial charge in [0.25, 0.3) is 5.69 Å². The second-order valence-electron chi connectivity index (χ2n) is 4.47. The molecule has 0 amide bonds. The van der Waals surface area contributed by atoms with Gasteiger partial charge >= 0.3 is 0 Å². The summed E-state index contributed by atoms with van der Waals surface area (Å²) in [5.41, 5.74) is 1.00. The van der Waals surface area contributed by atoms with Crippen LogP contribution in [0.15, 0.2) is 24.3 Å². The minimum absolute atomic E-state index is 0.149. The summed E-state index contributed by atoms with van der Waals surface area (Å²) in [5.74, 6) is 0.652. The molecule has 2 rings (SSSR count).